The molecule has 17 heavy (non-hydrogen) atoms. The van der Waals surface area contributed by atoms with Crippen molar-refractivity contribution in [2.75, 3.05) is 0 Å². The first kappa shape index (κ1) is 12.3. The Kier molecular flexibility index (Phi) is 3.97. The molecule has 0 saturated carbocycles. The van der Waals surface area contributed by atoms with E-state index in [1.165, 1.54) is 22.3 Å². The van der Waals surface area contributed by atoms with E-state index in [0.29, 0.717) is 0 Å². The summed E-state index contributed by atoms with van der Waals surface area (Å²) in [5, 5.41) is 4.23. The van der Waals surface area contributed by atoms with Gasteiger partial charge in [-0.25, -0.2) is 0 Å². The Morgan fingerprint density at radius 2 is 2.00 bits per heavy atom. The van der Waals surface area contributed by atoms with Crippen LogP contribution in [-0.2, 0) is 12.8 Å². The molecule has 2 N–H and O–H groups in total. The Morgan fingerprint density at radius 3 is 2.59 bits per heavy atom. The van der Waals surface area contributed by atoms with Crippen LogP contribution < -0.4 is 5.73 Å². The molecule has 1 unspecified atom stereocenters. The van der Waals surface area contributed by atoms with Crippen LogP contribution in [0.5, 0.6) is 0 Å². The first-order valence-electron chi connectivity index (χ1n) is 6.15. The number of rotatable bonds is 4. The van der Waals surface area contributed by atoms with Crippen molar-refractivity contribution in [1.82, 2.24) is 0 Å². The van der Waals surface area contributed by atoms with Crippen LogP contribution in [-0.4, -0.2) is 0 Å². The predicted octanol–water partition coefficient (Wildman–Crippen LogP) is 3.92. The molecule has 1 nitrogen and oxygen atoms in total. The molecule has 0 radical (unpaired) electrons. The summed E-state index contributed by atoms with van der Waals surface area (Å²) in [6.45, 7) is 4.37. The van der Waals surface area contributed by atoms with Gasteiger partial charge in [0.25, 0.3) is 0 Å². The van der Waals surface area contributed by atoms with Crippen LogP contribution in [0.2, 0.25) is 0 Å². The van der Waals surface area contributed by atoms with Crippen molar-refractivity contribution in [3.8, 4) is 0 Å². The highest BCUT2D eigenvalue weighted by atomic mass is 32.1. The predicted molar refractivity (Wildman–Crippen MR) is 75.5 cm³/mol. The molecule has 2 rings (SSSR count). The fourth-order valence-electron chi connectivity index (χ4n) is 2.11. The summed E-state index contributed by atoms with van der Waals surface area (Å²) >= 11 is 1.71. The molecule has 0 amide bonds. The molecule has 1 heterocycles. The maximum Gasteiger partial charge on any atom is 0.0562 e. The molecular weight excluding hydrogens is 226 g/mol. The monoisotopic (exact) mass is 245 g/mol. The summed E-state index contributed by atoms with van der Waals surface area (Å²) in [5.74, 6) is 0. The lowest BCUT2D eigenvalue weighted by molar-refractivity contribution is 0.849. The Bertz CT molecular complexity index is 474. The average molecular weight is 245 g/mol. The van der Waals surface area contributed by atoms with Crippen LogP contribution in [0.15, 0.2) is 35.0 Å². The Morgan fingerprint density at radius 1 is 1.18 bits per heavy atom. The number of nitrogens with two attached hydrogens (primary N) is 1. The molecule has 0 bridgehead atoms. The second-order valence-corrected chi connectivity index (χ2v) is 5.05. The third-order valence-corrected chi connectivity index (χ3v) is 3.94. The van der Waals surface area contributed by atoms with Crippen LogP contribution in [0.4, 0.5) is 0 Å². The zero-order valence-electron chi connectivity index (χ0n) is 10.4. The lowest BCUT2D eigenvalue weighted by Gasteiger charge is -2.16. The van der Waals surface area contributed by atoms with Crippen molar-refractivity contribution in [2.24, 2.45) is 5.73 Å². The minimum Gasteiger partial charge on any atom is -0.320 e. The topological polar surface area (TPSA) is 26.0 Å². The fourth-order valence-corrected chi connectivity index (χ4v) is 2.80. The van der Waals surface area contributed by atoms with Crippen LogP contribution >= 0.6 is 11.3 Å². The zero-order valence-corrected chi connectivity index (χ0v) is 11.3. The van der Waals surface area contributed by atoms with E-state index in [1.807, 2.05) is 0 Å². The van der Waals surface area contributed by atoms with Gasteiger partial charge < -0.3 is 5.73 Å². The SMILES string of the molecule is CCc1ccc(CC)c(C(N)c2ccsc2)c1. The highest BCUT2D eigenvalue weighted by Crippen LogP contribution is 2.26. The largest absolute Gasteiger partial charge is 0.320 e. The van der Waals surface area contributed by atoms with Gasteiger partial charge in [-0.1, -0.05) is 32.0 Å². The summed E-state index contributed by atoms with van der Waals surface area (Å²) in [5.41, 5.74) is 11.6. The van der Waals surface area contributed by atoms with E-state index in [2.05, 4.69) is 48.9 Å². The van der Waals surface area contributed by atoms with Crippen molar-refractivity contribution in [2.45, 2.75) is 32.7 Å². The van der Waals surface area contributed by atoms with E-state index in [1.54, 1.807) is 11.3 Å². The van der Waals surface area contributed by atoms with Gasteiger partial charge in [-0.2, -0.15) is 11.3 Å². The van der Waals surface area contributed by atoms with E-state index in [0.717, 1.165) is 12.8 Å². The van der Waals surface area contributed by atoms with Crippen LogP contribution in [0.25, 0.3) is 0 Å². The number of benzene rings is 1. The molecule has 0 aliphatic rings. The second kappa shape index (κ2) is 5.48. The molecule has 2 aromatic rings. The van der Waals surface area contributed by atoms with Crippen LogP contribution in [0.3, 0.4) is 0 Å². The zero-order chi connectivity index (χ0) is 12.3. The summed E-state index contributed by atoms with van der Waals surface area (Å²) in [4.78, 5) is 0. The highest BCUT2D eigenvalue weighted by Gasteiger charge is 2.13. The van der Waals surface area contributed by atoms with Gasteiger partial charge >= 0.3 is 0 Å². The van der Waals surface area contributed by atoms with E-state index in [-0.39, 0.29) is 6.04 Å². The van der Waals surface area contributed by atoms with Gasteiger partial charge in [-0.05, 0) is 51.9 Å². The minimum absolute atomic E-state index is 0.0164. The van der Waals surface area contributed by atoms with E-state index >= 15 is 0 Å². The van der Waals surface area contributed by atoms with E-state index in [4.69, 9.17) is 5.73 Å². The minimum atomic E-state index is 0.0164. The molecule has 0 fully saturated rings. The molecule has 0 spiro atoms. The summed E-state index contributed by atoms with van der Waals surface area (Å²) < 4.78 is 0. The van der Waals surface area contributed by atoms with Crippen molar-refractivity contribution in [1.29, 1.82) is 0 Å². The maximum atomic E-state index is 6.37. The Balaban J connectivity index is 2.41. The second-order valence-electron chi connectivity index (χ2n) is 4.27. The highest BCUT2D eigenvalue weighted by molar-refractivity contribution is 7.08. The van der Waals surface area contributed by atoms with Crippen molar-refractivity contribution < 1.29 is 0 Å². The number of aryl methyl sites for hydroxylation is 2. The Hall–Kier alpha value is -1.12. The third kappa shape index (κ3) is 2.59. The van der Waals surface area contributed by atoms with Crippen LogP contribution in [0.1, 0.15) is 42.1 Å². The molecule has 2 heteroatoms. The van der Waals surface area contributed by atoms with E-state index < -0.39 is 0 Å². The smallest absolute Gasteiger partial charge is 0.0562 e. The first-order valence-corrected chi connectivity index (χ1v) is 7.09. The molecule has 0 aliphatic carbocycles. The number of hydrogen-bond donors (Lipinski definition) is 1. The number of hydrogen-bond acceptors (Lipinski definition) is 2. The van der Waals surface area contributed by atoms with Gasteiger partial charge in [0.2, 0.25) is 0 Å². The molecule has 1 aromatic carbocycles. The van der Waals surface area contributed by atoms with E-state index in [9.17, 15) is 0 Å². The quantitative estimate of drug-likeness (QED) is 0.868. The van der Waals surface area contributed by atoms with Gasteiger partial charge in [-0.15, -0.1) is 0 Å². The van der Waals surface area contributed by atoms with Gasteiger partial charge in [0.05, 0.1) is 6.04 Å². The lowest BCUT2D eigenvalue weighted by atomic mass is 9.93. The van der Waals surface area contributed by atoms with Crippen molar-refractivity contribution >= 4 is 11.3 Å². The Labute approximate surface area is 107 Å². The normalized spacial score (nSPS) is 12.6. The molecule has 90 valence electrons. The lowest BCUT2D eigenvalue weighted by Crippen LogP contribution is -2.13. The van der Waals surface area contributed by atoms with Crippen molar-refractivity contribution in [3.05, 3.63) is 57.3 Å². The van der Waals surface area contributed by atoms with Gasteiger partial charge in [0.1, 0.15) is 0 Å². The van der Waals surface area contributed by atoms with Crippen molar-refractivity contribution in [3.63, 3.8) is 0 Å². The third-order valence-electron chi connectivity index (χ3n) is 3.24. The van der Waals surface area contributed by atoms with Gasteiger partial charge in [0, 0.05) is 0 Å². The molecular formula is C15H19NS. The van der Waals surface area contributed by atoms with Gasteiger partial charge in [-0.3, -0.25) is 0 Å². The van der Waals surface area contributed by atoms with Crippen LogP contribution in [0, 0.1) is 0 Å². The molecule has 1 atom stereocenters. The number of thiophene rings is 1. The molecule has 0 saturated heterocycles. The fraction of sp³-hybridized carbons (Fsp3) is 0.333. The standard InChI is InChI=1S/C15H19NS/c1-3-11-5-6-12(4-2)14(9-11)15(16)13-7-8-17-10-13/h5-10,15H,3-4,16H2,1-2H3. The molecule has 0 aliphatic heterocycles. The first-order chi connectivity index (χ1) is 8.26. The average Bonchev–Trinajstić information content (AvgIpc) is 2.91. The van der Waals surface area contributed by atoms with Gasteiger partial charge in [0.15, 0.2) is 0 Å². The summed E-state index contributed by atoms with van der Waals surface area (Å²) in [7, 11) is 0. The molecule has 1 aromatic heterocycles. The maximum absolute atomic E-state index is 6.37. The summed E-state index contributed by atoms with van der Waals surface area (Å²) in [6.07, 6.45) is 2.10. The summed E-state index contributed by atoms with van der Waals surface area (Å²) in [6, 6.07) is 8.83.